The summed E-state index contributed by atoms with van der Waals surface area (Å²) in [7, 11) is 1.59. The Balaban J connectivity index is 0.000000233. The van der Waals surface area contributed by atoms with Crippen molar-refractivity contribution in [3.63, 3.8) is 0 Å². The van der Waals surface area contributed by atoms with Crippen molar-refractivity contribution < 1.29 is 14.6 Å². The first-order valence-corrected chi connectivity index (χ1v) is 11.3. The number of unbranched alkanes of at least 4 members (excludes halogenated alkanes) is 2. The van der Waals surface area contributed by atoms with Gasteiger partial charge in [0.25, 0.3) is 0 Å². The quantitative estimate of drug-likeness (QED) is 0.367. The molecule has 0 amide bonds. The number of aromatic hydroxyl groups is 1. The summed E-state index contributed by atoms with van der Waals surface area (Å²) in [5.41, 5.74) is 1.55. The molecule has 0 saturated carbocycles. The van der Waals surface area contributed by atoms with Crippen LogP contribution in [-0.2, 0) is 0 Å². The van der Waals surface area contributed by atoms with Gasteiger partial charge in [-0.25, -0.2) is 0 Å². The molecule has 0 saturated heterocycles. The molecule has 1 N–H and O–H groups in total. The molecule has 0 unspecified atom stereocenters. The lowest BCUT2D eigenvalue weighted by molar-refractivity contribution is 0.0456. The number of rotatable bonds is 10. The fourth-order valence-corrected chi connectivity index (χ4v) is 3.48. The van der Waals surface area contributed by atoms with E-state index in [2.05, 4.69) is 36.2 Å². The molecule has 0 aliphatic rings. The van der Waals surface area contributed by atoms with E-state index >= 15 is 0 Å². The average molecular weight is 438 g/mol. The van der Waals surface area contributed by atoms with E-state index in [9.17, 15) is 5.11 Å². The highest BCUT2D eigenvalue weighted by molar-refractivity contribution is 5.64. The number of para-hydroxylation sites is 2. The molecular weight excluding hydrogens is 402 g/mol. The van der Waals surface area contributed by atoms with Crippen molar-refractivity contribution in [2.24, 2.45) is 0 Å². The van der Waals surface area contributed by atoms with Gasteiger partial charge in [0.2, 0.25) is 0 Å². The molecule has 3 aromatic rings. The van der Waals surface area contributed by atoms with Crippen molar-refractivity contribution in [3.8, 4) is 28.5 Å². The molecule has 0 fully saturated rings. The number of hydrogen-bond acceptors (Lipinski definition) is 6. The van der Waals surface area contributed by atoms with E-state index in [-0.39, 0.29) is 11.4 Å². The second kappa shape index (κ2) is 13.3. The molecule has 6 heteroatoms. The molecule has 1 heterocycles. The summed E-state index contributed by atoms with van der Waals surface area (Å²) in [5, 5.41) is 21.0. The molecule has 0 spiro atoms. The van der Waals surface area contributed by atoms with Gasteiger partial charge < -0.3 is 14.6 Å². The topological polar surface area (TPSA) is 77.4 Å². The number of phenolic OH excluding ortho intramolecular Hbond substituents is 1. The van der Waals surface area contributed by atoms with Crippen LogP contribution in [0.25, 0.3) is 11.3 Å². The standard InChI is InChI=1S/C16H26O2.C10H9N3O/c1-4-7-10-13-16(5-2,6-3)18-15-12-9-8-11-14(15)17;1-14-9-7-11-13-12-10(9)8-5-3-2-4-6-8/h8-9,11-12,17H,4-7,10,13H2,1-3H3;2-7H,1H3. The SMILES string of the molecule is CCCCCC(CC)(CC)Oc1ccccc1O.COc1cnnnc1-c1ccccc1. The highest BCUT2D eigenvalue weighted by Crippen LogP contribution is 2.34. The van der Waals surface area contributed by atoms with Gasteiger partial charge in [0.1, 0.15) is 11.3 Å². The fraction of sp³-hybridized carbons (Fsp3) is 0.423. The van der Waals surface area contributed by atoms with Gasteiger partial charge in [0, 0.05) is 5.56 Å². The van der Waals surface area contributed by atoms with Gasteiger partial charge in [-0.1, -0.05) is 76.1 Å². The molecule has 1 aromatic heterocycles. The Labute approximate surface area is 191 Å². The van der Waals surface area contributed by atoms with Gasteiger partial charge in [-0.3, -0.25) is 0 Å². The molecule has 0 atom stereocenters. The van der Waals surface area contributed by atoms with Crippen LogP contribution in [-0.4, -0.2) is 33.2 Å². The number of benzene rings is 2. The van der Waals surface area contributed by atoms with Crippen molar-refractivity contribution in [1.29, 1.82) is 0 Å². The Hall–Kier alpha value is -3.15. The lowest BCUT2D eigenvalue weighted by Gasteiger charge is -2.33. The van der Waals surface area contributed by atoms with Gasteiger partial charge in [0.15, 0.2) is 17.2 Å². The number of ether oxygens (including phenoxy) is 2. The highest BCUT2D eigenvalue weighted by Gasteiger charge is 2.28. The van der Waals surface area contributed by atoms with E-state index in [0.29, 0.717) is 17.2 Å². The number of aromatic nitrogens is 3. The first-order chi connectivity index (χ1) is 15.6. The number of nitrogens with zero attached hydrogens (tertiary/aromatic N) is 3. The zero-order chi connectivity index (χ0) is 23.2. The summed E-state index contributed by atoms with van der Waals surface area (Å²) >= 11 is 0. The van der Waals surface area contributed by atoms with Crippen molar-refractivity contribution >= 4 is 0 Å². The fourth-order valence-electron chi connectivity index (χ4n) is 3.48. The third-order valence-corrected chi connectivity index (χ3v) is 5.59. The van der Waals surface area contributed by atoms with E-state index < -0.39 is 0 Å². The molecule has 3 rings (SSSR count). The molecular formula is C26H35N3O3. The third-order valence-electron chi connectivity index (χ3n) is 5.59. The van der Waals surface area contributed by atoms with Gasteiger partial charge in [-0.2, -0.15) is 0 Å². The number of phenols is 1. The summed E-state index contributed by atoms with van der Waals surface area (Å²) in [6.07, 6.45) is 8.21. The molecule has 0 aliphatic carbocycles. The van der Waals surface area contributed by atoms with Crippen LogP contribution >= 0.6 is 0 Å². The predicted octanol–water partition coefficient (Wildman–Crippen LogP) is 6.46. The molecule has 0 aliphatic heterocycles. The zero-order valence-electron chi connectivity index (χ0n) is 19.6. The van der Waals surface area contributed by atoms with Crippen LogP contribution in [0.4, 0.5) is 0 Å². The minimum Gasteiger partial charge on any atom is -0.504 e. The lowest BCUT2D eigenvalue weighted by Crippen LogP contribution is -2.34. The molecule has 2 aromatic carbocycles. The van der Waals surface area contributed by atoms with E-state index in [1.165, 1.54) is 19.3 Å². The maximum atomic E-state index is 9.81. The first-order valence-electron chi connectivity index (χ1n) is 11.3. The van der Waals surface area contributed by atoms with Gasteiger partial charge in [0.05, 0.1) is 13.3 Å². The second-order valence-corrected chi connectivity index (χ2v) is 7.63. The Morgan fingerprint density at radius 1 is 0.875 bits per heavy atom. The largest absolute Gasteiger partial charge is 0.504 e. The van der Waals surface area contributed by atoms with Crippen LogP contribution in [0.3, 0.4) is 0 Å². The summed E-state index contributed by atoms with van der Waals surface area (Å²) in [6, 6.07) is 17.0. The van der Waals surface area contributed by atoms with Crippen molar-refractivity contribution in [1.82, 2.24) is 15.4 Å². The normalized spacial score (nSPS) is 10.8. The molecule has 0 bridgehead atoms. The molecule has 0 radical (unpaired) electrons. The Morgan fingerprint density at radius 3 is 2.19 bits per heavy atom. The van der Waals surface area contributed by atoms with Crippen LogP contribution in [0.1, 0.15) is 59.3 Å². The number of hydrogen-bond donors (Lipinski definition) is 1. The van der Waals surface area contributed by atoms with Gasteiger partial charge >= 0.3 is 0 Å². The lowest BCUT2D eigenvalue weighted by atomic mass is 9.90. The monoisotopic (exact) mass is 437 g/mol. The van der Waals surface area contributed by atoms with Crippen LogP contribution in [0, 0.1) is 0 Å². The van der Waals surface area contributed by atoms with Crippen molar-refractivity contribution in [2.45, 2.75) is 64.9 Å². The van der Waals surface area contributed by atoms with Gasteiger partial charge in [-0.15, -0.1) is 10.2 Å². The van der Waals surface area contributed by atoms with Crippen LogP contribution in [0.5, 0.6) is 17.2 Å². The summed E-state index contributed by atoms with van der Waals surface area (Å²) in [6.45, 7) is 6.54. The predicted molar refractivity (Wildman–Crippen MR) is 128 cm³/mol. The highest BCUT2D eigenvalue weighted by atomic mass is 16.5. The second-order valence-electron chi connectivity index (χ2n) is 7.63. The molecule has 6 nitrogen and oxygen atoms in total. The minimum absolute atomic E-state index is 0.131. The molecule has 172 valence electrons. The zero-order valence-corrected chi connectivity index (χ0v) is 19.6. The number of methoxy groups -OCH3 is 1. The Kier molecular flexibility index (Phi) is 10.4. The maximum Gasteiger partial charge on any atom is 0.167 e. The third kappa shape index (κ3) is 7.22. The maximum absolute atomic E-state index is 9.81. The van der Waals surface area contributed by atoms with Crippen LogP contribution < -0.4 is 9.47 Å². The summed E-state index contributed by atoms with van der Waals surface area (Å²) in [5.74, 6) is 1.48. The van der Waals surface area contributed by atoms with Gasteiger partial charge in [-0.05, 0) is 43.0 Å². The average Bonchev–Trinajstić information content (AvgIpc) is 2.85. The Bertz CT molecular complexity index is 915. The van der Waals surface area contributed by atoms with Crippen molar-refractivity contribution in [2.75, 3.05) is 7.11 Å². The van der Waals surface area contributed by atoms with E-state index in [4.69, 9.17) is 9.47 Å². The Morgan fingerprint density at radius 2 is 1.56 bits per heavy atom. The smallest absolute Gasteiger partial charge is 0.167 e. The summed E-state index contributed by atoms with van der Waals surface area (Å²) < 4.78 is 11.3. The minimum atomic E-state index is -0.131. The van der Waals surface area contributed by atoms with Crippen molar-refractivity contribution in [3.05, 3.63) is 60.8 Å². The van der Waals surface area contributed by atoms with Crippen LogP contribution in [0.15, 0.2) is 60.8 Å². The van der Waals surface area contributed by atoms with E-state index in [0.717, 1.165) is 24.8 Å². The van der Waals surface area contributed by atoms with E-state index in [1.807, 2.05) is 48.5 Å². The molecule has 32 heavy (non-hydrogen) atoms. The first kappa shape index (κ1) is 25.1. The summed E-state index contributed by atoms with van der Waals surface area (Å²) in [4.78, 5) is 0. The van der Waals surface area contributed by atoms with E-state index in [1.54, 1.807) is 19.4 Å². The van der Waals surface area contributed by atoms with Crippen LogP contribution in [0.2, 0.25) is 0 Å².